The van der Waals surface area contributed by atoms with Crippen molar-refractivity contribution in [2.45, 2.75) is 6.54 Å². The molecule has 5 rings (SSSR count). The van der Waals surface area contributed by atoms with Gasteiger partial charge < -0.3 is 24.9 Å². The van der Waals surface area contributed by atoms with Gasteiger partial charge in [0.15, 0.2) is 11.5 Å². The molecule has 142 valence electrons. The van der Waals surface area contributed by atoms with E-state index in [-0.39, 0.29) is 6.61 Å². The maximum atomic E-state index is 9.06. The number of anilines is 3. The van der Waals surface area contributed by atoms with Crippen LogP contribution in [0.25, 0.3) is 16.9 Å². The fraction of sp³-hybridized carbons (Fsp3) is 0.211. The van der Waals surface area contributed by atoms with Crippen LogP contribution in [0.4, 0.5) is 17.2 Å². The summed E-state index contributed by atoms with van der Waals surface area (Å²) in [7, 11) is 0. The second-order valence-corrected chi connectivity index (χ2v) is 6.46. The summed E-state index contributed by atoms with van der Waals surface area (Å²) in [5.41, 5.74) is 4.26. The molecule has 0 spiro atoms. The maximum absolute atomic E-state index is 9.06. The van der Waals surface area contributed by atoms with Crippen molar-refractivity contribution in [2.75, 3.05) is 30.4 Å². The van der Waals surface area contributed by atoms with Crippen LogP contribution in [-0.4, -0.2) is 49.0 Å². The van der Waals surface area contributed by atoms with Crippen molar-refractivity contribution < 1.29 is 9.84 Å². The van der Waals surface area contributed by atoms with Crippen LogP contribution >= 0.6 is 0 Å². The zero-order valence-electron chi connectivity index (χ0n) is 15.0. The molecule has 1 aliphatic rings. The number of nitrogens with zero attached hydrogens (tertiary/aromatic N) is 5. The molecule has 1 aromatic carbocycles. The second kappa shape index (κ2) is 6.86. The highest BCUT2D eigenvalue weighted by Crippen LogP contribution is 2.32. The number of aliphatic hydroxyl groups is 1. The molecular weight excluding hydrogens is 358 g/mol. The standard InChI is InChI=1S/C19H19N7O2/c27-7-6-26-11-14(10-22-26)23-18-19-21-3-5-25(19)12-16(24-18)13-1-2-17-15(9-13)20-4-8-28-17/h1-3,5,9-12,20,27H,4,6-8H2,(H,23,24). The summed E-state index contributed by atoms with van der Waals surface area (Å²) in [6, 6.07) is 6.01. The number of fused-ring (bicyclic) bond motifs is 2. The van der Waals surface area contributed by atoms with Crippen LogP contribution in [-0.2, 0) is 6.54 Å². The highest BCUT2D eigenvalue weighted by molar-refractivity contribution is 5.75. The Morgan fingerprint density at radius 3 is 3.18 bits per heavy atom. The molecule has 0 unspecified atom stereocenters. The molecule has 28 heavy (non-hydrogen) atoms. The van der Waals surface area contributed by atoms with Gasteiger partial charge in [0.25, 0.3) is 0 Å². The van der Waals surface area contributed by atoms with Crippen LogP contribution < -0.4 is 15.4 Å². The second-order valence-electron chi connectivity index (χ2n) is 6.46. The number of aliphatic hydroxyl groups excluding tert-OH is 1. The van der Waals surface area contributed by atoms with Crippen molar-refractivity contribution in [2.24, 2.45) is 0 Å². The Hall–Kier alpha value is -3.59. The van der Waals surface area contributed by atoms with E-state index < -0.39 is 0 Å². The number of hydrogen-bond donors (Lipinski definition) is 3. The lowest BCUT2D eigenvalue weighted by Gasteiger charge is -2.19. The van der Waals surface area contributed by atoms with Gasteiger partial charge in [-0.3, -0.25) is 4.68 Å². The number of aromatic nitrogens is 5. The molecule has 1 aliphatic heterocycles. The number of rotatable bonds is 5. The molecule has 3 N–H and O–H groups in total. The van der Waals surface area contributed by atoms with E-state index in [2.05, 4.69) is 20.7 Å². The van der Waals surface area contributed by atoms with Crippen LogP contribution in [0.1, 0.15) is 0 Å². The average Bonchev–Trinajstić information content (AvgIpc) is 3.37. The van der Waals surface area contributed by atoms with Gasteiger partial charge in [0.05, 0.1) is 36.4 Å². The van der Waals surface area contributed by atoms with Crippen molar-refractivity contribution in [3.8, 4) is 17.0 Å². The van der Waals surface area contributed by atoms with Gasteiger partial charge in [-0.25, -0.2) is 9.97 Å². The Morgan fingerprint density at radius 2 is 2.25 bits per heavy atom. The predicted octanol–water partition coefficient (Wildman–Crippen LogP) is 2.13. The predicted molar refractivity (Wildman–Crippen MR) is 105 cm³/mol. The van der Waals surface area contributed by atoms with E-state index in [1.165, 1.54) is 0 Å². The summed E-state index contributed by atoms with van der Waals surface area (Å²) in [5, 5.41) is 19.9. The topological polar surface area (TPSA) is 102 Å². The largest absolute Gasteiger partial charge is 0.490 e. The van der Waals surface area contributed by atoms with E-state index in [9.17, 15) is 0 Å². The Bertz CT molecular complexity index is 1130. The SMILES string of the molecule is OCCn1cc(Nc2nc(-c3ccc4c(c3)NCCO4)cn3ccnc23)cn1. The number of nitrogens with one attached hydrogen (secondary N) is 2. The van der Waals surface area contributed by atoms with Gasteiger partial charge in [0.1, 0.15) is 12.4 Å². The number of hydrogen-bond acceptors (Lipinski definition) is 7. The lowest BCUT2D eigenvalue weighted by molar-refractivity contribution is 0.269. The summed E-state index contributed by atoms with van der Waals surface area (Å²) >= 11 is 0. The first-order chi connectivity index (χ1) is 13.8. The number of imidazole rings is 1. The fourth-order valence-electron chi connectivity index (χ4n) is 3.24. The van der Waals surface area contributed by atoms with Gasteiger partial charge in [-0.05, 0) is 18.2 Å². The molecule has 0 saturated carbocycles. The Labute approximate surface area is 160 Å². The van der Waals surface area contributed by atoms with E-state index in [0.717, 1.165) is 40.6 Å². The Balaban J connectivity index is 1.53. The quantitative estimate of drug-likeness (QED) is 0.490. The minimum atomic E-state index is 0.0371. The molecule has 9 nitrogen and oxygen atoms in total. The molecule has 4 aromatic rings. The van der Waals surface area contributed by atoms with Gasteiger partial charge in [0.2, 0.25) is 0 Å². The van der Waals surface area contributed by atoms with E-state index >= 15 is 0 Å². The summed E-state index contributed by atoms with van der Waals surface area (Å²) < 4.78 is 9.27. The summed E-state index contributed by atoms with van der Waals surface area (Å²) in [6.45, 7) is 1.94. The van der Waals surface area contributed by atoms with E-state index in [4.69, 9.17) is 14.8 Å². The lowest BCUT2D eigenvalue weighted by Crippen LogP contribution is -2.17. The molecule has 3 aromatic heterocycles. The average molecular weight is 377 g/mol. The van der Waals surface area contributed by atoms with Crippen LogP contribution in [0, 0.1) is 0 Å². The molecule has 0 atom stereocenters. The van der Waals surface area contributed by atoms with Crippen molar-refractivity contribution in [3.05, 3.63) is 49.2 Å². The molecular formula is C19H19N7O2. The molecule has 9 heteroatoms. The van der Waals surface area contributed by atoms with E-state index in [1.807, 2.05) is 41.2 Å². The van der Waals surface area contributed by atoms with Gasteiger partial charge in [-0.15, -0.1) is 0 Å². The minimum Gasteiger partial charge on any atom is -0.490 e. The smallest absolute Gasteiger partial charge is 0.180 e. The molecule has 4 heterocycles. The normalized spacial score (nSPS) is 13.0. The van der Waals surface area contributed by atoms with Crippen LogP contribution in [0.3, 0.4) is 0 Å². The molecule has 0 saturated heterocycles. The highest BCUT2D eigenvalue weighted by Gasteiger charge is 2.14. The van der Waals surface area contributed by atoms with Crippen molar-refractivity contribution in [1.82, 2.24) is 24.1 Å². The van der Waals surface area contributed by atoms with Crippen LogP contribution in [0.2, 0.25) is 0 Å². The fourth-order valence-corrected chi connectivity index (χ4v) is 3.24. The third kappa shape index (κ3) is 3.01. The molecule has 0 aliphatic carbocycles. The summed E-state index contributed by atoms with van der Waals surface area (Å²) in [5.74, 6) is 1.49. The number of ether oxygens (including phenoxy) is 1. The zero-order chi connectivity index (χ0) is 18.9. The van der Waals surface area contributed by atoms with Gasteiger partial charge >= 0.3 is 0 Å². The first-order valence-electron chi connectivity index (χ1n) is 9.05. The molecule has 0 amide bonds. The Morgan fingerprint density at radius 1 is 1.29 bits per heavy atom. The third-order valence-corrected chi connectivity index (χ3v) is 4.55. The van der Waals surface area contributed by atoms with Crippen LogP contribution in [0.5, 0.6) is 5.75 Å². The van der Waals surface area contributed by atoms with E-state index in [0.29, 0.717) is 19.0 Å². The monoisotopic (exact) mass is 377 g/mol. The van der Waals surface area contributed by atoms with Crippen molar-refractivity contribution >= 4 is 22.8 Å². The third-order valence-electron chi connectivity index (χ3n) is 4.55. The summed E-state index contributed by atoms with van der Waals surface area (Å²) in [6.07, 6.45) is 9.10. The van der Waals surface area contributed by atoms with Gasteiger partial charge in [-0.1, -0.05) is 0 Å². The first-order valence-corrected chi connectivity index (χ1v) is 9.05. The Kier molecular flexibility index (Phi) is 4.06. The highest BCUT2D eigenvalue weighted by atomic mass is 16.5. The molecule has 0 bridgehead atoms. The minimum absolute atomic E-state index is 0.0371. The van der Waals surface area contributed by atoms with Crippen molar-refractivity contribution in [3.63, 3.8) is 0 Å². The van der Waals surface area contributed by atoms with Crippen molar-refractivity contribution in [1.29, 1.82) is 0 Å². The van der Waals surface area contributed by atoms with Gasteiger partial charge in [-0.2, -0.15) is 5.10 Å². The molecule has 0 fully saturated rings. The number of benzene rings is 1. The summed E-state index contributed by atoms with van der Waals surface area (Å²) in [4.78, 5) is 9.19. The van der Waals surface area contributed by atoms with Gasteiger partial charge in [0, 0.05) is 36.9 Å². The van der Waals surface area contributed by atoms with Crippen LogP contribution in [0.15, 0.2) is 49.2 Å². The van der Waals surface area contributed by atoms with E-state index in [1.54, 1.807) is 17.1 Å². The molecule has 0 radical (unpaired) electrons. The first kappa shape index (κ1) is 16.6. The lowest BCUT2D eigenvalue weighted by atomic mass is 10.1. The maximum Gasteiger partial charge on any atom is 0.180 e. The zero-order valence-corrected chi connectivity index (χ0v) is 15.0.